The summed E-state index contributed by atoms with van der Waals surface area (Å²) in [6, 6.07) is 12.9. The third kappa shape index (κ3) is 5.44. The van der Waals surface area contributed by atoms with Gasteiger partial charge in [-0.05, 0) is 68.4 Å². The average Bonchev–Trinajstić information content (AvgIpc) is 3.23. The number of nitrogens with zero attached hydrogens (tertiary/aromatic N) is 3. The van der Waals surface area contributed by atoms with E-state index in [1.54, 1.807) is 25.3 Å². The molecule has 162 valence electrons. The van der Waals surface area contributed by atoms with Gasteiger partial charge in [0.15, 0.2) is 0 Å². The van der Waals surface area contributed by atoms with Crippen molar-refractivity contribution in [1.29, 1.82) is 0 Å². The standard InChI is InChI=1S/C22H22BrClN4O3/c1-30-19-7-6-17(24)12-18(19)25-22(29)15-8-10-28(11-9-15)13-20-26-21(27-31-20)14-2-4-16(23)5-3-14/h2-7,12,15H,8-11,13H2,1H3,(H,25,29). The Hall–Kier alpha value is -2.42. The summed E-state index contributed by atoms with van der Waals surface area (Å²) < 4.78 is 11.7. The van der Waals surface area contributed by atoms with E-state index in [1.165, 1.54) is 0 Å². The van der Waals surface area contributed by atoms with Gasteiger partial charge < -0.3 is 14.6 Å². The molecule has 0 spiro atoms. The Morgan fingerprint density at radius 1 is 1.26 bits per heavy atom. The first-order valence-corrected chi connectivity index (χ1v) is 11.1. The van der Waals surface area contributed by atoms with Crippen molar-refractivity contribution in [2.45, 2.75) is 19.4 Å². The van der Waals surface area contributed by atoms with Crippen LogP contribution >= 0.6 is 27.5 Å². The first kappa shape index (κ1) is 21.8. The molecule has 0 aliphatic carbocycles. The maximum absolute atomic E-state index is 12.7. The van der Waals surface area contributed by atoms with Crippen LogP contribution in [0.1, 0.15) is 18.7 Å². The van der Waals surface area contributed by atoms with Crippen molar-refractivity contribution in [2.75, 3.05) is 25.5 Å². The van der Waals surface area contributed by atoms with Crippen molar-refractivity contribution in [3.63, 3.8) is 0 Å². The van der Waals surface area contributed by atoms with Gasteiger partial charge in [0.25, 0.3) is 0 Å². The number of likely N-dealkylation sites (tertiary alicyclic amines) is 1. The van der Waals surface area contributed by atoms with E-state index < -0.39 is 0 Å². The minimum Gasteiger partial charge on any atom is -0.495 e. The fourth-order valence-electron chi connectivity index (χ4n) is 3.59. The molecule has 1 N–H and O–H groups in total. The van der Waals surface area contributed by atoms with Gasteiger partial charge in [-0.2, -0.15) is 4.98 Å². The molecule has 2 aromatic carbocycles. The van der Waals surface area contributed by atoms with Gasteiger partial charge in [-0.3, -0.25) is 9.69 Å². The number of piperidine rings is 1. The third-order valence-electron chi connectivity index (χ3n) is 5.31. The number of methoxy groups -OCH3 is 1. The number of hydrogen-bond acceptors (Lipinski definition) is 6. The SMILES string of the molecule is COc1ccc(Cl)cc1NC(=O)C1CCN(Cc2nc(-c3ccc(Br)cc3)no2)CC1. The molecule has 3 aromatic rings. The van der Waals surface area contributed by atoms with E-state index in [0.29, 0.717) is 34.7 Å². The normalized spacial score (nSPS) is 15.1. The number of anilines is 1. The van der Waals surface area contributed by atoms with Crippen LogP contribution in [0, 0.1) is 5.92 Å². The highest BCUT2D eigenvalue weighted by Gasteiger charge is 2.26. The van der Waals surface area contributed by atoms with Gasteiger partial charge in [0.1, 0.15) is 5.75 Å². The predicted molar refractivity (Wildman–Crippen MR) is 122 cm³/mol. The molecule has 1 fully saturated rings. The maximum atomic E-state index is 12.7. The molecule has 0 atom stereocenters. The highest BCUT2D eigenvalue weighted by atomic mass is 79.9. The Kier molecular flexibility index (Phi) is 6.89. The smallest absolute Gasteiger partial charge is 0.241 e. The Labute approximate surface area is 193 Å². The zero-order chi connectivity index (χ0) is 21.8. The highest BCUT2D eigenvalue weighted by Crippen LogP contribution is 2.29. The topological polar surface area (TPSA) is 80.5 Å². The number of halogens is 2. The van der Waals surface area contributed by atoms with E-state index >= 15 is 0 Å². The second-order valence-corrected chi connectivity index (χ2v) is 8.76. The third-order valence-corrected chi connectivity index (χ3v) is 6.07. The van der Waals surface area contributed by atoms with Gasteiger partial charge in [-0.25, -0.2) is 0 Å². The summed E-state index contributed by atoms with van der Waals surface area (Å²) in [4.78, 5) is 19.4. The van der Waals surface area contributed by atoms with Crippen molar-refractivity contribution in [3.05, 3.63) is 57.9 Å². The molecule has 2 heterocycles. The molecule has 0 unspecified atom stereocenters. The fraction of sp³-hybridized carbons (Fsp3) is 0.318. The van der Waals surface area contributed by atoms with Crippen LogP contribution in [-0.2, 0) is 11.3 Å². The van der Waals surface area contributed by atoms with Crippen molar-refractivity contribution in [1.82, 2.24) is 15.0 Å². The van der Waals surface area contributed by atoms with Crippen molar-refractivity contribution < 1.29 is 14.1 Å². The summed E-state index contributed by atoms with van der Waals surface area (Å²) >= 11 is 9.47. The van der Waals surface area contributed by atoms with Crippen LogP contribution in [-0.4, -0.2) is 41.1 Å². The summed E-state index contributed by atoms with van der Waals surface area (Å²) in [5, 5.41) is 7.58. The molecule has 1 aliphatic heterocycles. The van der Waals surface area contributed by atoms with E-state index in [-0.39, 0.29) is 11.8 Å². The van der Waals surface area contributed by atoms with Gasteiger partial charge in [0, 0.05) is 21.0 Å². The van der Waals surface area contributed by atoms with Crippen LogP contribution in [0.25, 0.3) is 11.4 Å². The maximum Gasteiger partial charge on any atom is 0.241 e. The molecule has 9 heteroatoms. The van der Waals surface area contributed by atoms with Crippen LogP contribution < -0.4 is 10.1 Å². The Bertz CT molecular complexity index is 1050. The second kappa shape index (κ2) is 9.80. The van der Waals surface area contributed by atoms with Crippen LogP contribution in [0.3, 0.4) is 0 Å². The first-order valence-electron chi connectivity index (χ1n) is 9.97. The van der Waals surface area contributed by atoms with Gasteiger partial charge >= 0.3 is 0 Å². The number of amides is 1. The monoisotopic (exact) mass is 504 g/mol. The van der Waals surface area contributed by atoms with Crippen molar-refractivity contribution in [2.24, 2.45) is 5.92 Å². The highest BCUT2D eigenvalue weighted by molar-refractivity contribution is 9.10. The molecule has 7 nitrogen and oxygen atoms in total. The lowest BCUT2D eigenvalue weighted by molar-refractivity contribution is -0.121. The molecule has 1 amide bonds. The minimum atomic E-state index is -0.0686. The number of nitrogens with one attached hydrogen (secondary N) is 1. The van der Waals surface area contributed by atoms with E-state index in [4.69, 9.17) is 20.9 Å². The lowest BCUT2D eigenvalue weighted by Gasteiger charge is -2.30. The summed E-state index contributed by atoms with van der Waals surface area (Å²) in [6.45, 7) is 2.13. The Morgan fingerprint density at radius 2 is 2.00 bits per heavy atom. The fourth-order valence-corrected chi connectivity index (χ4v) is 4.03. The van der Waals surface area contributed by atoms with Crippen molar-refractivity contribution in [3.8, 4) is 17.1 Å². The summed E-state index contributed by atoms with van der Waals surface area (Å²) in [6.07, 6.45) is 1.50. The zero-order valence-electron chi connectivity index (χ0n) is 17.0. The lowest BCUT2D eigenvalue weighted by atomic mass is 9.96. The molecule has 31 heavy (non-hydrogen) atoms. The number of carbonyl (C=O) groups excluding carboxylic acids is 1. The molecule has 0 bridgehead atoms. The van der Waals surface area contributed by atoms with Crippen LogP contribution in [0.5, 0.6) is 5.75 Å². The Balaban J connectivity index is 1.30. The molecule has 1 saturated heterocycles. The summed E-state index contributed by atoms with van der Waals surface area (Å²) in [5.41, 5.74) is 1.50. The summed E-state index contributed by atoms with van der Waals surface area (Å²) in [5.74, 6) is 1.65. The average molecular weight is 506 g/mol. The molecule has 0 saturated carbocycles. The number of carbonyl (C=O) groups is 1. The number of aromatic nitrogens is 2. The van der Waals surface area contributed by atoms with Crippen LogP contribution in [0.4, 0.5) is 5.69 Å². The van der Waals surface area contributed by atoms with E-state index in [0.717, 1.165) is 36.0 Å². The quantitative estimate of drug-likeness (QED) is 0.507. The number of hydrogen-bond donors (Lipinski definition) is 1. The van der Waals surface area contributed by atoms with Crippen molar-refractivity contribution >= 4 is 39.1 Å². The predicted octanol–water partition coefficient (Wildman–Crippen LogP) is 5.01. The number of benzene rings is 2. The van der Waals surface area contributed by atoms with Gasteiger partial charge in [-0.15, -0.1) is 0 Å². The largest absolute Gasteiger partial charge is 0.495 e. The summed E-state index contributed by atoms with van der Waals surface area (Å²) in [7, 11) is 1.57. The Morgan fingerprint density at radius 3 is 2.71 bits per heavy atom. The molecule has 0 radical (unpaired) electrons. The van der Waals surface area contributed by atoms with Gasteiger partial charge in [0.05, 0.1) is 19.3 Å². The first-order chi connectivity index (χ1) is 15.0. The van der Waals surface area contributed by atoms with E-state index in [9.17, 15) is 4.79 Å². The molecular formula is C22H22BrClN4O3. The van der Waals surface area contributed by atoms with Crippen LogP contribution in [0.2, 0.25) is 5.02 Å². The number of ether oxygens (including phenoxy) is 1. The second-order valence-electron chi connectivity index (χ2n) is 7.40. The zero-order valence-corrected chi connectivity index (χ0v) is 19.3. The van der Waals surface area contributed by atoms with Gasteiger partial charge in [-0.1, -0.05) is 32.7 Å². The molecular weight excluding hydrogens is 484 g/mol. The van der Waals surface area contributed by atoms with Gasteiger partial charge in [0.2, 0.25) is 17.6 Å². The van der Waals surface area contributed by atoms with E-state index in [2.05, 4.69) is 36.3 Å². The van der Waals surface area contributed by atoms with E-state index in [1.807, 2.05) is 24.3 Å². The minimum absolute atomic E-state index is 0.0180. The molecule has 4 rings (SSSR count). The van der Waals surface area contributed by atoms with Crippen LogP contribution in [0.15, 0.2) is 51.5 Å². The molecule has 1 aromatic heterocycles. The number of rotatable bonds is 6. The molecule has 1 aliphatic rings. The lowest BCUT2D eigenvalue weighted by Crippen LogP contribution is -2.37.